The van der Waals surface area contributed by atoms with Crippen LogP contribution in [0.3, 0.4) is 0 Å². The van der Waals surface area contributed by atoms with E-state index in [1.54, 1.807) is 7.11 Å². The summed E-state index contributed by atoms with van der Waals surface area (Å²) < 4.78 is 11.4. The second kappa shape index (κ2) is 4.00. The molecule has 0 amide bonds. The fourth-order valence-corrected chi connectivity index (χ4v) is 1.74. The molecule has 2 nitrogen and oxygen atoms in total. The molecule has 0 heterocycles. The predicted octanol–water partition coefficient (Wildman–Crippen LogP) is 3.53. The lowest BCUT2D eigenvalue weighted by Gasteiger charge is -2.24. The summed E-state index contributed by atoms with van der Waals surface area (Å²) in [6.07, 6.45) is 2.74. The molecule has 1 aromatic rings. The van der Waals surface area contributed by atoms with E-state index in [-0.39, 0.29) is 5.41 Å². The first-order chi connectivity index (χ1) is 7.52. The van der Waals surface area contributed by atoms with Gasteiger partial charge >= 0.3 is 0 Å². The molecule has 16 heavy (non-hydrogen) atoms. The molecule has 2 heteroatoms. The Morgan fingerprint density at radius 3 is 2.38 bits per heavy atom. The number of hydrogen-bond acceptors (Lipinski definition) is 2. The second-order valence-corrected chi connectivity index (χ2v) is 5.40. The fourth-order valence-electron chi connectivity index (χ4n) is 1.74. The zero-order valence-corrected chi connectivity index (χ0v) is 10.5. The van der Waals surface area contributed by atoms with Crippen molar-refractivity contribution in [1.29, 1.82) is 0 Å². The molecule has 0 unspecified atom stereocenters. The number of rotatable bonds is 3. The van der Waals surface area contributed by atoms with Crippen molar-refractivity contribution in [3.8, 4) is 11.5 Å². The molecule has 1 aliphatic carbocycles. The Morgan fingerprint density at radius 1 is 1.19 bits per heavy atom. The summed E-state index contributed by atoms with van der Waals surface area (Å²) in [5.74, 6) is 1.78. The van der Waals surface area contributed by atoms with Crippen LogP contribution in [0.15, 0.2) is 18.2 Å². The first kappa shape index (κ1) is 11.3. The monoisotopic (exact) mass is 220 g/mol. The van der Waals surface area contributed by atoms with Crippen LogP contribution in [0, 0.1) is 0 Å². The van der Waals surface area contributed by atoms with E-state index in [0.717, 1.165) is 11.5 Å². The Balaban J connectivity index is 2.41. The van der Waals surface area contributed by atoms with E-state index in [0.29, 0.717) is 6.10 Å². The van der Waals surface area contributed by atoms with Crippen molar-refractivity contribution in [1.82, 2.24) is 0 Å². The van der Waals surface area contributed by atoms with E-state index in [9.17, 15) is 0 Å². The maximum atomic E-state index is 5.98. The Kier molecular flexibility index (Phi) is 2.83. The number of para-hydroxylation sites is 1. The van der Waals surface area contributed by atoms with E-state index < -0.39 is 0 Å². The summed E-state index contributed by atoms with van der Waals surface area (Å²) in [5, 5.41) is 0. The SMILES string of the molecule is COc1cccc(C(C)(C)C)c1OC1CC1. The van der Waals surface area contributed by atoms with Crippen molar-refractivity contribution in [3.05, 3.63) is 23.8 Å². The number of benzene rings is 1. The molecule has 0 N–H and O–H groups in total. The lowest BCUT2D eigenvalue weighted by Crippen LogP contribution is -2.14. The van der Waals surface area contributed by atoms with Gasteiger partial charge in [-0.1, -0.05) is 32.9 Å². The van der Waals surface area contributed by atoms with Crippen LogP contribution in [-0.2, 0) is 5.41 Å². The lowest BCUT2D eigenvalue weighted by molar-refractivity contribution is 0.274. The van der Waals surface area contributed by atoms with Gasteiger partial charge in [0.25, 0.3) is 0 Å². The third-order valence-corrected chi connectivity index (χ3v) is 2.82. The molecular formula is C14H20O2. The highest BCUT2D eigenvalue weighted by Gasteiger charge is 2.29. The van der Waals surface area contributed by atoms with Gasteiger partial charge in [-0.3, -0.25) is 0 Å². The van der Waals surface area contributed by atoms with Gasteiger partial charge in [-0.15, -0.1) is 0 Å². The van der Waals surface area contributed by atoms with Crippen LogP contribution in [-0.4, -0.2) is 13.2 Å². The van der Waals surface area contributed by atoms with Crippen LogP contribution in [0.25, 0.3) is 0 Å². The van der Waals surface area contributed by atoms with Crippen LogP contribution in [0.5, 0.6) is 11.5 Å². The number of methoxy groups -OCH3 is 1. The van der Waals surface area contributed by atoms with Gasteiger partial charge in [0, 0.05) is 5.56 Å². The predicted molar refractivity (Wildman–Crippen MR) is 65.3 cm³/mol. The molecule has 0 saturated heterocycles. The van der Waals surface area contributed by atoms with E-state index in [4.69, 9.17) is 9.47 Å². The normalized spacial score (nSPS) is 16.0. The van der Waals surface area contributed by atoms with E-state index >= 15 is 0 Å². The lowest BCUT2D eigenvalue weighted by atomic mass is 9.86. The molecule has 1 saturated carbocycles. The zero-order chi connectivity index (χ0) is 11.8. The minimum Gasteiger partial charge on any atom is -0.493 e. The van der Waals surface area contributed by atoms with Crippen LogP contribution in [0.4, 0.5) is 0 Å². The summed E-state index contributed by atoms with van der Waals surface area (Å²) in [6.45, 7) is 6.59. The summed E-state index contributed by atoms with van der Waals surface area (Å²) in [6, 6.07) is 6.12. The van der Waals surface area contributed by atoms with Gasteiger partial charge in [-0.2, -0.15) is 0 Å². The summed E-state index contributed by atoms with van der Waals surface area (Å²) in [5.41, 5.74) is 1.30. The highest BCUT2D eigenvalue weighted by molar-refractivity contribution is 5.49. The minimum atomic E-state index is 0.0821. The molecule has 0 bridgehead atoms. The van der Waals surface area contributed by atoms with Gasteiger partial charge in [0.05, 0.1) is 13.2 Å². The quantitative estimate of drug-likeness (QED) is 0.775. The zero-order valence-electron chi connectivity index (χ0n) is 10.5. The Hall–Kier alpha value is -1.18. The molecule has 0 aliphatic heterocycles. The third kappa shape index (κ3) is 2.31. The molecule has 88 valence electrons. The van der Waals surface area contributed by atoms with Crippen molar-refractivity contribution in [2.75, 3.05) is 7.11 Å². The van der Waals surface area contributed by atoms with Gasteiger partial charge in [-0.05, 0) is 24.3 Å². The van der Waals surface area contributed by atoms with E-state index in [1.807, 2.05) is 12.1 Å². The first-order valence-corrected chi connectivity index (χ1v) is 5.86. The van der Waals surface area contributed by atoms with Gasteiger partial charge < -0.3 is 9.47 Å². The standard InChI is InChI=1S/C14H20O2/c1-14(2,3)11-6-5-7-12(15-4)13(11)16-10-8-9-10/h5-7,10H,8-9H2,1-4H3. The molecule has 0 atom stereocenters. The van der Waals surface area contributed by atoms with Crippen molar-refractivity contribution >= 4 is 0 Å². The van der Waals surface area contributed by atoms with Crippen molar-refractivity contribution in [2.45, 2.75) is 45.1 Å². The van der Waals surface area contributed by atoms with Gasteiger partial charge in [-0.25, -0.2) is 0 Å². The van der Waals surface area contributed by atoms with Crippen LogP contribution >= 0.6 is 0 Å². The molecule has 0 radical (unpaired) electrons. The van der Waals surface area contributed by atoms with Crippen molar-refractivity contribution in [3.63, 3.8) is 0 Å². The summed E-state index contributed by atoms with van der Waals surface area (Å²) in [7, 11) is 1.70. The smallest absolute Gasteiger partial charge is 0.165 e. The summed E-state index contributed by atoms with van der Waals surface area (Å²) in [4.78, 5) is 0. The molecule has 0 aromatic heterocycles. The van der Waals surface area contributed by atoms with Gasteiger partial charge in [0.2, 0.25) is 0 Å². The molecule has 0 spiro atoms. The van der Waals surface area contributed by atoms with Crippen molar-refractivity contribution in [2.24, 2.45) is 0 Å². The maximum Gasteiger partial charge on any atom is 0.165 e. The Morgan fingerprint density at radius 2 is 1.88 bits per heavy atom. The third-order valence-electron chi connectivity index (χ3n) is 2.82. The molecule has 1 fully saturated rings. The van der Waals surface area contributed by atoms with Crippen LogP contribution in [0.2, 0.25) is 0 Å². The average molecular weight is 220 g/mol. The highest BCUT2D eigenvalue weighted by Crippen LogP contribution is 2.41. The van der Waals surface area contributed by atoms with Gasteiger partial charge in [0.15, 0.2) is 11.5 Å². The fraction of sp³-hybridized carbons (Fsp3) is 0.571. The van der Waals surface area contributed by atoms with Crippen molar-refractivity contribution < 1.29 is 9.47 Å². The topological polar surface area (TPSA) is 18.5 Å². The highest BCUT2D eigenvalue weighted by atomic mass is 16.5. The molecule has 1 aromatic carbocycles. The number of ether oxygens (including phenoxy) is 2. The first-order valence-electron chi connectivity index (χ1n) is 5.86. The molecule has 2 rings (SSSR count). The average Bonchev–Trinajstić information content (AvgIpc) is 3.00. The Bertz CT molecular complexity index is 373. The molecular weight excluding hydrogens is 200 g/mol. The largest absolute Gasteiger partial charge is 0.493 e. The van der Waals surface area contributed by atoms with Gasteiger partial charge in [0.1, 0.15) is 0 Å². The minimum absolute atomic E-state index is 0.0821. The maximum absolute atomic E-state index is 5.98. The Labute approximate surface area is 97.6 Å². The van der Waals surface area contributed by atoms with E-state index in [2.05, 4.69) is 26.8 Å². The summed E-state index contributed by atoms with van der Waals surface area (Å²) >= 11 is 0. The van der Waals surface area contributed by atoms with Crippen LogP contribution < -0.4 is 9.47 Å². The van der Waals surface area contributed by atoms with Crippen LogP contribution in [0.1, 0.15) is 39.2 Å². The molecule has 1 aliphatic rings. The second-order valence-electron chi connectivity index (χ2n) is 5.40. The van der Waals surface area contributed by atoms with E-state index in [1.165, 1.54) is 18.4 Å². The number of hydrogen-bond donors (Lipinski definition) is 0.